The van der Waals surface area contributed by atoms with Crippen molar-refractivity contribution < 1.29 is 0 Å². The van der Waals surface area contributed by atoms with E-state index in [-0.39, 0.29) is 0 Å². The summed E-state index contributed by atoms with van der Waals surface area (Å²) in [5.41, 5.74) is 1.46. The Morgan fingerprint density at radius 2 is 1.65 bits per heavy atom. The van der Waals surface area contributed by atoms with Crippen LogP contribution >= 0.6 is 11.8 Å². The number of rotatable bonds is 9. The lowest BCUT2D eigenvalue weighted by molar-refractivity contribution is 0.202. The van der Waals surface area contributed by atoms with Gasteiger partial charge in [0.2, 0.25) is 0 Å². The van der Waals surface area contributed by atoms with Gasteiger partial charge in [0, 0.05) is 25.3 Å². The van der Waals surface area contributed by atoms with Gasteiger partial charge < -0.3 is 14.4 Å². The van der Waals surface area contributed by atoms with Crippen LogP contribution in [0.3, 0.4) is 0 Å². The molecule has 4 rings (SSSR count). The van der Waals surface area contributed by atoms with Gasteiger partial charge in [0.15, 0.2) is 5.16 Å². The van der Waals surface area contributed by atoms with Crippen molar-refractivity contribution in [1.29, 1.82) is 0 Å². The van der Waals surface area contributed by atoms with Gasteiger partial charge in [0.1, 0.15) is 5.82 Å². The van der Waals surface area contributed by atoms with Crippen LogP contribution in [0.1, 0.15) is 68.7 Å². The number of aromatic nitrogens is 3. The predicted molar refractivity (Wildman–Crippen MR) is 130 cm³/mol. The van der Waals surface area contributed by atoms with Crippen LogP contribution in [-0.4, -0.2) is 69.6 Å². The summed E-state index contributed by atoms with van der Waals surface area (Å²) in [7, 11) is 2.16. The van der Waals surface area contributed by atoms with E-state index in [2.05, 4.69) is 68.9 Å². The van der Waals surface area contributed by atoms with E-state index in [1.807, 2.05) is 11.8 Å². The lowest BCUT2D eigenvalue weighted by atomic mass is 9.94. The highest BCUT2D eigenvalue weighted by Gasteiger charge is 2.25. The number of hydrogen-bond donors (Lipinski definition) is 0. The fraction of sp³-hybridized carbons (Fsp3) is 0.680. The second-order valence-corrected chi connectivity index (χ2v) is 10.4. The van der Waals surface area contributed by atoms with E-state index in [0.717, 1.165) is 10.9 Å². The Morgan fingerprint density at radius 1 is 0.935 bits per heavy atom. The Balaban J connectivity index is 1.20. The maximum Gasteiger partial charge on any atom is 0.191 e. The van der Waals surface area contributed by atoms with Gasteiger partial charge in [0.25, 0.3) is 0 Å². The van der Waals surface area contributed by atoms with Crippen LogP contribution in [0.4, 0.5) is 0 Å². The van der Waals surface area contributed by atoms with E-state index < -0.39 is 0 Å². The quantitative estimate of drug-likeness (QED) is 0.524. The minimum absolute atomic E-state index is 0.553. The molecule has 3 heterocycles. The summed E-state index contributed by atoms with van der Waals surface area (Å²) < 4.78 is 2.26. The molecule has 0 N–H and O–H groups in total. The van der Waals surface area contributed by atoms with E-state index in [1.165, 1.54) is 89.2 Å². The zero-order chi connectivity index (χ0) is 21.5. The van der Waals surface area contributed by atoms with Crippen LogP contribution in [0.2, 0.25) is 0 Å². The molecule has 0 radical (unpaired) electrons. The molecule has 0 unspecified atom stereocenters. The maximum atomic E-state index is 4.60. The standard InChI is InChI=1S/C25H39N5S/c1-21(22-9-5-3-6-10-22)11-16-30-17-12-23(13-18-30)24-26-27-25(28(24)2)31-20-19-29-14-7-4-8-15-29/h3,5-6,9-10,21,23H,4,7-8,11-20H2,1-2H3/t21-/m0/s1. The molecule has 0 aliphatic carbocycles. The van der Waals surface area contributed by atoms with Crippen LogP contribution in [0.25, 0.3) is 0 Å². The van der Waals surface area contributed by atoms with Crippen molar-refractivity contribution in [2.75, 3.05) is 45.0 Å². The van der Waals surface area contributed by atoms with Crippen LogP contribution in [0.15, 0.2) is 35.5 Å². The first-order valence-corrected chi connectivity index (χ1v) is 13.2. The first-order chi connectivity index (χ1) is 15.2. The van der Waals surface area contributed by atoms with Crippen molar-refractivity contribution >= 4 is 11.8 Å². The summed E-state index contributed by atoms with van der Waals surface area (Å²) in [5.74, 6) is 3.49. The summed E-state index contributed by atoms with van der Waals surface area (Å²) >= 11 is 1.87. The largest absolute Gasteiger partial charge is 0.309 e. The zero-order valence-electron chi connectivity index (χ0n) is 19.4. The molecule has 6 heteroatoms. The molecule has 2 saturated heterocycles. The van der Waals surface area contributed by atoms with E-state index >= 15 is 0 Å². The van der Waals surface area contributed by atoms with E-state index in [1.54, 1.807) is 0 Å². The van der Waals surface area contributed by atoms with Gasteiger partial charge in [-0.05, 0) is 76.3 Å². The first kappa shape index (κ1) is 22.8. The molecule has 31 heavy (non-hydrogen) atoms. The topological polar surface area (TPSA) is 37.2 Å². The van der Waals surface area contributed by atoms with Gasteiger partial charge >= 0.3 is 0 Å². The third kappa shape index (κ3) is 6.33. The van der Waals surface area contributed by atoms with E-state index in [9.17, 15) is 0 Å². The maximum absolute atomic E-state index is 4.60. The molecule has 0 saturated carbocycles. The Hall–Kier alpha value is -1.37. The predicted octanol–water partition coefficient (Wildman–Crippen LogP) is 4.77. The summed E-state index contributed by atoms with van der Waals surface area (Å²) in [6, 6.07) is 10.9. The lowest BCUT2D eigenvalue weighted by Gasteiger charge is -2.32. The fourth-order valence-electron chi connectivity index (χ4n) is 5.00. The average molecular weight is 442 g/mol. The summed E-state index contributed by atoms with van der Waals surface area (Å²) in [6.07, 6.45) is 7.76. The fourth-order valence-corrected chi connectivity index (χ4v) is 5.91. The molecule has 2 fully saturated rings. The van der Waals surface area contributed by atoms with Gasteiger partial charge in [-0.3, -0.25) is 0 Å². The molecule has 2 aromatic rings. The lowest BCUT2D eigenvalue weighted by Crippen LogP contribution is -2.34. The molecule has 0 bridgehead atoms. The molecule has 2 aliphatic heterocycles. The Labute approximate surface area is 192 Å². The molecule has 1 atom stereocenters. The Bertz CT molecular complexity index is 778. The molecule has 0 amide bonds. The van der Waals surface area contributed by atoms with Crippen LogP contribution in [0.5, 0.6) is 0 Å². The SMILES string of the molecule is C[C@@H](CCN1CCC(c2nnc(SCCN3CCCCC3)n2C)CC1)c1ccccc1. The van der Waals surface area contributed by atoms with Crippen molar-refractivity contribution in [1.82, 2.24) is 24.6 Å². The number of likely N-dealkylation sites (tertiary alicyclic amines) is 2. The normalized spacial score (nSPS) is 20.2. The van der Waals surface area contributed by atoms with Gasteiger partial charge in [-0.15, -0.1) is 10.2 Å². The van der Waals surface area contributed by atoms with E-state index in [0.29, 0.717) is 11.8 Å². The number of hydrogen-bond acceptors (Lipinski definition) is 5. The second-order valence-electron chi connectivity index (χ2n) is 9.37. The number of nitrogens with zero attached hydrogens (tertiary/aromatic N) is 5. The molecular formula is C25H39N5S. The molecule has 1 aromatic carbocycles. The molecule has 5 nitrogen and oxygen atoms in total. The average Bonchev–Trinajstić information content (AvgIpc) is 3.19. The van der Waals surface area contributed by atoms with Crippen molar-refractivity contribution in [2.45, 2.75) is 62.4 Å². The summed E-state index contributed by atoms with van der Waals surface area (Å²) in [6.45, 7) is 9.62. The van der Waals surface area contributed by atoms with Gasteiger partial charge in [-0.25, -0.2) is 0 Å². The summed E-state index contributed by atoms with van der Waals surface area (Å²) in [4.78, 5) is 5.24. The zero-order valence-corrected chi connectivity index (χ0v) is 20.2. The van der Waals surface area contributed by atoms with Crippen LogP contribution < -0.4 is 0 Å². The highest BCUT2D eigenvalue weighted by atomic mass is 32.2. The molecule has 170 valence electrons. The monoisotopic (exact) mass is 441 g/mol. The highest BCUT2D eigenvalue weighted by molar-refractivity contribution is 7.99. The Kier molecular flexibility index (Phi) is 8.45. The molecular weight excluding hydrogens is 402 g/mol. The van der Waals surface area contributed by atoms with Crippen molar-refractivity contribution in [3.63, 3.8) is 0 Å². The molecule has 2 aliphatic rings. The van der Waals surface area contributed by atoms with Crippen molar-refractivity contribution in [3.8, 4) is 0 Å². The minimum atomic E-state index is 0.553. The van der Waals surface area contributed by atoms with Crippen LogP contribution in [0, 0.1) is 0 Å². The number of thioether (sulfide) groups is 1. The number of benzene rings is 1. The first-order valence-electron chi connectivity index (χ1n) is 12.2. The summed E-state index contributed by atoms with van der Waals surface area (Å²) in [5, 5.41) is 10.2. The van der Waals surface area contributed by atoms with Gasteiger partial charge in [-0.1, -0.05) is 55.4 Å². The second kappa shape index (κ2) is 11.5. The van der Waals surface area contributed by atoms with Crippen molar-refractivity contribution in [3.05, 3.63) is 41.7 Å². The van der Waals surface area contributed by atoms with Crippen LogP contribution in [-0.2, 0) is 7.05 Å². The Morgan fingerprint density at radius 3 is 2.39 bits per heavy atom. The third-order valence-corrected chi connectivity index (χ3v) is 8.16. The number of piperidine rings is 2. The molecule has 1 aromatic heterocycles. The highest BCUT2D eigenvalue weighted by Crippen LogP contribution is 2.29. The third-order valence-electron chi connectivity index (χ3n) is 7.16. The van der Waals surface area contributed by atoms with Gasteiger partial charge in [-0.2, -0.15) is 0 Å². The van der Waals surface area contributed by atoms with Gasteiger partial charge in [0.05, 0.1) is 0 Å². The minimum Gasteiger partial charge on any atom is -0.309 e. The van der Waals surface area contributed by atoms with E-state index in [4.69, 9.17) is 0 Å². The molecule has 0 spiro atoms. The van der Waals surface area contributed by atoms with Crippen molar-refractivity contribution in [2.24, 2.45) is 7.05 Å². The smallest absolute Gasteiger partial charge is 0.191 e.